The molecule has 2 saturated heterocycles. The number of hydrogen-bond acceptors (Lipinski definition) is 10. The van der Waals surface area contributed by atoms with E-state index >= 15 is 0 Å². The molecule has 0 bridgehead atoms. The molecule has 172 valence electrons. The number of piperazine rings is 1. The van der Waals surface area contributed by atoms with Crippen LogP contribution in [-0.2, 0) is 24.6 Å². The van der Waals surface area contributed by atoms with E-state index in [-0.39, 0.29) is 18.4 Å². The average Bonchev–Trinajstić information content (AvgIpc) is 3.09. The zero-order chi connectivity index (χ0) is 22.4. The number of nitrogens with zero attached hydrogens (tertiary/aromatic N) is 5. The Morgan fingerprint density at radius 2 is 1.68 bits per heavy atom. The maximum absolute atomic E-state index is 12.8. The summed E-state index contributed by atoms with van der Waals surface area (Å²) in [6, 6.07) is 1.76. The van der Waals surface area contributed by atoms with E-state index in [0.717, 1.165) is 11.0 Å². The van der Waals surface area contributed by atoms with Crippen LogP contribution in [0.2, 0.25) is 5.28 Å². The summed E-state index contributed by atoms with van der Waals surface area (Å²) in [7, 11) is -6.82. The van der Waals surface area contributed by atoms with Gasteiger partial charge in [-0.15, -0.1) is 11.3 Å². The molecule has 0 aliphatic carbocycles. The molecular formula is C17H24ClN5O5S3. The fourth-order valence-electron chi connectivity index (χ4n) is 3.95. The van der Waals surface area contributed by atoms with Crippen molar-refractivity contribution in [2.24, 2.45) is 0 Å². The van der Waals surface area contributed by atoms with E-state index in [9.17, 15) is 16.8 Å². The van der Waals surface area contributed by atoms with Gasteiger partial charge in [0, 0.05) is 50.4 Å². The van der Waals surface area contributed by atoms with Crippen LogP contribution in [0.1, 0.15) is 10.3 Å². The topological polar surface area (TPSA) is 113 Å². The van der Waals surface area contributed by atoms with E-state index in [1.807, 2.05) is 4.90 Å². The van der Waals surface area contributed by atoms with Crippen molar-refractivity contribution in [3.8, 4) is 0 Å². The van der Waals surface area contributed by atoms with Gasteiger partial charge in [0.2, 0.25) is 15.3 Å². The molecule has 4 rings (SSSR count). The predicted molar refractivity (Wildman–Crippen MR) is 121 cm³/mol. The Kier molecular flexibility index (Phi) is 6.47. The number of rotatable bonds is 5. The van der Waals surface area contributed by atoms with Crippen molar-refractivity contribution in [3.63, 3.8) is 0 Å². The van der Waals surface area contributed by atoms with Gasteiger partial charge >= 0.3 is 0 Å². The van der Waals surface area contributed by atoms with Gasteiger partial charge in [0.1, 0.15) is 5.37 Å². The molecule has 0 N–H and O–H groups in total. The van der Waals surface area contributed by atoms with Crippen LogP contribution in [0.3, 0.4) is 0 Å². The number of hydrogen-bond donors (Lipinski definition) is 0. The maximum atomic E-state index is 12.8. The Bertz CT molecular complexity index is 1170. The summed E-state index contributed by atoms with van der Waals surface area (Å²) in [6.07, 6.45) is 2.37. The fraction of sp³-hybridized carbons (Fsp3) is 0.647. The third-order valence-electron chi connectivity index (χ3n) is 5.38. The van der Waals surface area contributed by atoms with Crippen molar-refractivity contribution in [2.45, 2.75) is 5.37 Å². The Morgan fingerprint density at radius 1 is 1.03 bits per heavy atom. The first-order valence-electron chi connectivity index (χ1n) is 9.72. The standard InChI is InChI=1S/C17H24ClN5O5S3/c1-30(24,25)16(22-3-5-23(6-4-22)31(2,26)27)13-11-12-14(29-13)15(20-17(18)19-12)21-7-9-28-10-8-21/h11,16H,3-10H2,1-2H3. The Labute approximate surface area is 190 Å². The smallest absolute Gasteiger partial charge is 0.224 e. The monoisotopic (exact) mass is 509 g/mol. The summed E-state index contributed by atoms with van der Waals surface area (Å²) in [5.74, 6) is 0.684. The molecule has 4 heterocycles. The van der Waals surface area contributed by atoms with Gasteiger partial charge in [0.05, 0.1) is 29.7 Å². The van der Waals surface area contributed by atoms with Crippen molar-refractivity contribution in [3.05, 3.63) is 16.2 Å². The second-order valence-corrected chi connectivity index (χ2v) is 13.2. The van der Waals surface area contributed by atoms with Crippen molar-refractivity contribution < 1.29 is 21.6 Å². The Morgan fingerprint density at radius 3 is 2.26 bits per heavy atom. The number of thiophene rings is 1. The van der Waals surface area contributed by atoms with Crippen LogP contribution >= 0.6 is 22.9 Å². The molecule has 10 nitrogen and oxygen atoms in total. The lowest BCUT2D eigenvalue weighted by Gasteiger charge is -2.37. The van der Waals surface area contributed by atoms with Crippen molar-refractivity contribution in [1.29, 1.82) is 0 Å². The van der Waals surface area contributed by atoms with Gasteiger partial charge in [-0.2, -0.15) is 9.29 Å². The molecule has 1 atom stereocenters. The van der Waals surface area contributed by atoms with Crippen LogP contribution in [0, 0.1) is 0 Å². The van der Waals surface area contributed by atoms with Gasteiger partial charge < -0.3 is 9.64 Å². The first-order chi connectivity index (χ1) is 14.5. The third-order valence-corrected chi connectivity index (χ3v) is 9.54. The van der Waals surface area contributed by atoms with E-state index in [4.69, 9.17) is 16.3 Å². The van der Waals surface area contributed by atoms with E-state index < -0.39 is 25.2 Å². The minimum Gasteiger partial charge on any atom is -0.378 e. The van der Waals surface area contributed by atoms with Gasteiger partial charge in [-0.1, -0.05) is 0 Å². The van der Waals surface area contributed by atoms with Crippen LogP contribution in [0.25, 0.3) is 10.2 Å². The molecular weight excluding hydrogens is 486 g/mol. The molecule has 0 amide bonds. The molecule has 2 fully saturated rings. The second kappa shape index (κ2) is 8.69. The van der Waals surface area contributed by atoms with Crippen molar-refractivity contribution >= 4 is 58.8 Å². The highest BCUT2D eigenvalue weighted by molar-refractivity contribution is 7.91. The normalized spacial score (nSPS) is 20.9. The molecule has 1 unspecified atom stereocenters. The number of sulfone groups is 1. The van der Waals surface area contributed by atoms with E-state index in [1.165, 1.54) is 21.9 Å². The molecule has 14 heteroatoms. The number of aromatic nitrogens is 2. The first-order valence-corrected chi connectivity index (χ1v) is 14.7. The lowest BCUT2D eigenvalue weighted by atomic mass is 10.3. The lowest BCUT2D eigenvalue weighted by molar-refractivity contribution is 0.122. The number of ether oxygens (including phenoxy) is 1. The summed E-state index contributed by atoms with van der Waals surface area (Å²) in [6.45, 7) is 3.64. The highest BCUT2D eigenvalue weighted by Gasteiger charge is 2.35. The van der Waals surface area contributed by atoms with Crippen LogP contribution in [0.4, 0.5) is 5.82 Å². The number of anilines is 1. The van der Waals surface area contributed by atoms with Crippen LogP contribution < -0.4 is 4.90 Å². The highest BCUT2D eigenvalue weighted by atomic mass is 35.5. The predicted octanol–water partition coefficient (Wildman–Crippen LogP) is 0.802. The zero-order valence-electron chi connectivity index (χ0n) is 17.2. The molecule has 2 aliphatic rings. The van der Waals surface area contributed by atoms with E-state index in [1.54, 1.807) is 6.07 Å². The molecule has 2 aromatic rings. The molecule has 0 saturated carbocycles. The SMILES string of the molecule is CS(=O)(=O)C(c1cc2nc(Cl)nc(N3CCOCC3)c2s1)N1CCN(S(C)(=O)=O)CC1. The number of morpholine rings is 1. The molecule has 31 heavy (non-hydrogen) atoms. The van der Waals surface area contributed by atoms with Crippen molar-refractivity contribution in [2.75, 3.05) is 69.9 Å². The summed E-state index contributed by atoms with van der Waals surface area (Å²) >= 11 is 7.51. The maximum Gasteiger partial charge on any atom is 0.224 e. The molecule has 0 radical (unpaired) electrons. The molecule has 0 aromatic carbocycles. The van der Waals surface area contributed by atoms with Crippen molar-refractivity contribution in [1.82, 2.24) is 19.2 Å². The van der Waals surface area contributed by atoms with Crippen LogP contribution in [0.5, 0.6) is 0 Å². The quantitative estimate of drug-likeness (QED) is 0.540. The average molecular weight is 510 g/mol. The van der Waals surface area contributed by atoms with Gasteiger partial charge in [-0.25, -0.2) is 21.8 Å². The summed E-state index contributed by atoms with van der Waals surface area (Å²) in [5, 5.41) is -0.777. The second-order valence-electron chi connectivity index (χ2n) is 7.66. The molecule has 2 aromatic heterocycles. The summed E-state index contributed by atoms with van der Waals surface area (Å²) in [5.41, 5.74) is 0.602. The van der Waals surface area contributed by atoms with E-state index in [2.05, 4.69) is 14.9 Å². The zero-order valence-corrected chi connectivity index (χ0v) is 20.4. The summed E-state index contributed by atoms with van der Waals surface area (Å²) < 4.78 is 56.8. The molecule has 2 aliphatic heterocycles. The lowest BCUT2D eigenvalue weighted by Crippen LogP contribution is -2.50. The summed E-state index contributed by atoms with van der Waals surface area (Å²) in [4.78, 5) is 13.2. The number of halogens is 1. The Hall–Kier alpha value is -1.09. The minimum atomic E-state index is -3.51. The third kappa shape index (κ3) is 4.97. The van der Waals surface area contributed by atoms with Crippen LogP contribution in [0.15, 0.2) is 6.07 Å². The van der Waals surface area contributed by atoms with Gasteiger partial charge in [-0.3, -0.25) is 4.90 Å². The van der Waals surface area contributed by atoms with Gasteiger partial charge in [-0.05, 0) is 17.7 Å². The minimum absolute atomic E-state index is 0.107. The van der Waals surface area contributed by atoms with Crippen LogP contribution in [-0.4, -0.2) is 101 Å². The largest absolute Gasteiger partial charge is 0.378 e. The Balaban J connectivity index is 1.71. The van der Waals surface area contributed by atoms with E-state index in [0.29, 0.717) is 55.6 Å². The van der Waals surface area contributed by atoms with Gasteiger partial charge in [0.15, 0.2) is 15.7 Å². The number of fused-ring (bicyclic) bond motifs is 1. The molecule has 0 spiro atoms. The fourth-order valence-corrected chi connectivity index (χ4v) is 7.99. The highest BCUT2D eigenvalue weighted by Crippen LogP contribution is 2.39. The number of sulfonamides is 1. The first kappa shape index (κ1) is 23.1. The van der Waals surface area contributed by atoms with Gasteiger partial charge in [0.25, 0.3) is 0 Å².